The molecule has 16 heavy (non-hydrogen) atoms. The SMILES string of the molecule is CNc1ncnc2c1nc1cc(C)ccn12. The maximum absolute atomic E-state index is 4.52. The van der Waals surface area contributed by atoms with Crippen LogP contribution in [0.3, 0.4) is 0 Å². The van der Waals surface area contributed by atoms with E-state index in [-0.39, 0.29) is 0 Å². The summed E-state index contributed by atoms with van der Waals surface area (Å²) in [7, 11) is 1.83. The molecule has 80 valence electrons. The quantitative estimate of drug-likeness (QED) is 0.667. The number of anilines is 1. The van der Waals surface area contributed by atoms with Crippen LogP contribution in [0.5, 0.6) is 0 Å². The molecular weight excluding hydrogens is 202 g/mol. The smallest absolute Gasteiger partial charge is 0.170 e. The highest BCUT2D eigenvalue weighted by Crippen LogP contribution is 2.19. The fourth-order valence-corrected chi connectivity index (χ4v) is 1.80. The van der Waals surface area contributed by atoms with E-state index in [1.54, 1.807) is 6.33 Å². The van der Waals surface area contributed by atoms with Gasteiger partial charge in [0.2, 0.25) is 0 Å². The molecule has 0 aliphatic heterocycles. The molecule has 0 spiro atoms. The zero-order valence-corrected chi connectivity index (χ0v) is 9.10. The van der Waals surface area contributed by atoms with Crippen molar-refractivity contribution in [1.82, 2.24) is 19.4 Å². The summed E-state index contributed by atoms with van der Waals surface area (Å²) in [5.41, 5.74) is 3.71. The van der Waals surface area contributed by atoms with Crippen molar-refractivity contribution in [1.29, 1.82) is 0 Å². The van der Waals surface area contributed by atoms with Gasteiger partial charge in [-0.1, -0.05) is 0 Å². The minimum atomic E-state index is 0.756. The number of imidazole rings is 1. The molecule has 5 heteroatoms. The van der Waals surface area contributed by atoms with Gasteiger partial charge in [0.15, 0.2) is 17.0 Å². The van der Waals surface area contributed by atoms with Crippen LogP contribution in [-0.2, 0) is 0 Å². The number of nitrogens with zero attached hydrogens (tertiary/aromatic N) is 4. The maximum Gasteiger partial charge on any atom is 0.170 e. The Morgan fingerprint density at radius 2 is 2.19 bits per heavy atom. The summed E-state index contributed by atoms with van der Waals surface area (Å²) in [4.78, 5) is 12.9. The molecule has 3 aromatic rings. The molecule has 0 unspecified atom stereocenters. The second-order valence-electron chi connectivity index (χ2n) is 3.69. The van der Waals surface area contributed by atoms with Crippen molar-refractivity contribution in [2.75, 3.05) is 12.4 Å². The zero-order valence-electron chi connectivity index (χ0n) is 9.10. The number of rotatable bonds is 1. The zero-order chi connectivity index (χ0) is 11.1. The molecule has 1 N–H and O–H groups in total. The Bertz CT molecular complexity index is 670. The van der Waals surface area contributed by atoms with E-state index in [2.05, 4.69) is 20.3 Å². The van der Waals surface area contributed by atoms with Crippen LogP contribution in [0.25, 0.3) is 16.8 Å². The normalized spacial score (nSPS) is 11.1. The molecule has 3 rings (SSSR count). The average molecular weight is 213 g/mol. The van der Waals surface area contributed by atoms with Gasteiger partial charge < -0.3 is 5.32 Å². The molecule has 0 bridgehead atoms. The number of aromatic nitrogens is 4. The number of pyridine rings is 1. The topological polar surface area (TPSA) is 55.1 Å². The van der Waals surface area contributed by atoms with E-state index in [1.807, 2.05) is 36.7 Å². The first-order chi connectivity index (χ1) is 7.79. The van der Waals surface area contributed by atoms with Crippen molar-refractivity contribution in [2.24, 2.45) is 0 Å². The van der Waals surface area contributed by atoms with Crippen LogP contribution < -0.4 is 5.32 Å². The van der Waals surface area contributed by atoms with E-state index in [4.69, 9.17) is 0 Å². The summed E-state index contributed by atoms with van der Waals surface area (Å²) < 4.78 is 1.96. The molecule has 0 saturated heterocycles. The minimum absolute atomic E-state index is 0.756. The van der Waals surface area contributed by atoms with Gasteiger partial charge in [-0.15, -0.1) is 0 Å². The number of nitrogens with one attached hydrogen (secondary N) is 1. The minimum Gasteiger partial charge on any atom is -0.371 e. The summed E-state index contributed by atoms with van der Waals surface area (Å²) in [5.74, 6) is 0.756. The average Bonchev–Trinajstić information content (AvgIpc) is 2.65. The summed E-state index contributed by atoms with van der Waals surface area (Å²) in [6, 6.07) is 4.07. The molecule has 0 saturated carbocycles. The molecule has 0 atom stereocenters. The third-order valence-electron chi connectivity index (χ3n) is 2.58. The van der Waals surface area contributed by atoms with Crippen LogP contribution in [0, 0.1) is 6.92 Å². The van der Waals surface area contributed by atoms with Crippen LogP contribution in [0.15, 0.2) is 24.7 Å². The maximum atomic E-state index is 4.52. The lowest BCUT2D eigenvalue weighted by Gasteiger charge is -1.98. The van der Waals surface area contributed by atoms with Crippen molar-refractivity contribution in [3.8, 4) is 0 Å². The van der Waals surface area contributed by atoms with E-state index in [9.17, 15) is 0 Å². The largest absolute Gasteiger partial charge is 0.371 e. The predicted octanol–water partition coefficient (Wildman–Crippen LogP) is 1.63. The van der Waals surface area contributed by atoms with Crippen LogP contribution in [0.1, 0.15) is 5.56 Å². The van der Waals surface area contributed by atoms with E-state index in [0.717, 1.165) is 22.6 Å². The van der Waals surface area contributed by atoms with E-state index >= 15 is 0 Å². The van der Waals surface area contributed by atoms with Gasteiger partial charge in [-0.25, -0.2) is 15.0 Å². The lowest BCUT2D eigenvalue weighted by Crippen LogP contribution is -1.94. The first-order valence-corrected chi connectivity index (χ1v) is 5.07. The Morgan fingerprint density at radius 1 is 1.31 bits per heavy atom. The van der Waals surface area contributed by atoms with E-state index in [1.165, 1.54) is 5.56 Å². The highest BCUT2D eigenvalue weighted by atomic mass is 15.1. The number of hydrogen-bond donors (Lipinski definition) is 1. The first kappa shape index (κ1) is 9.08. The van der Waals surface area contributed by atoms with Crippen molar-refractivity contribution < 1.29 is 0 Å². The highest BCUT2D eigenvalue weighted by molar-refractivity contribution is 5.86. The Labute approximate surface area is 92.2 Å². The van der Waals surface area contributed by atoms with E-state index in [0.29, 0.717) is 0 Å². The monoisotopic (exact) mass is 213 g/mol. The summed E-state index contributed by atoms with van der Waals surface area (Å²) in [6.45, 7) is 2.05. The van der Waals surface area contributed by atoms with Crippen molar-refractivity contribution >= 4 is 22.6 Å². The molecule has 0 aromatic carbocycles. The molecule has 0 radical (unpaired) electrons. The fraction of sp³-hybridized carbons (Fsp3) is 0.182. The van der Waals surface area contributed by atoms with Gasteiger partial charge in [-0.2, -0.15) is 0 Å². The van der Waals surface area contributed by atoms with Crippen molar-refractivity contribution in [3.63, 3.8) is 0 Å². The molecule has 0 amide bonds. The highest BCUT2D eigenvalue weighted by Gasteiger charge is 2.09. The van der Waals surface area contributed by atoms with Crippen LogP contribution in [-0.4, -0.2) is 26.4 Å². The first-order valence-electron chi connectivity index (χ1n) is 5.07. The van der Waals surface area contributed by atoms with Gasteiger partial charge in [0.1, 0.15) is 12.0 Å². The number of hydrogen-bond acceptors (Lipinski definition) is 4. The van der Waals surface area contributed by atoms with Gasteiger partial charge in [0.25, 0.3) is 0 Å². The predicted molar refractivity (Wildman–Crippen MR) is 62.6 cm³/mol. The lowest BCUT2D eigenvalue weighted by atomic mass is 10.3. The molecular formula is C11H11N5. The third-order valence-corrected chi connectivity index (χ3v) is 2.58. The van der Waals surface area contributed by atoms with Gasteiger partial charge >= 0.3 is 0 Å². The summed E-state index contributed by atoms with van der Waals surface area (Å²) >= 11 is 0. The van der Waals surface area contributed by atoms with Crippen LogP contribution in [0.4, 0.5) is 5.82 Å². The van der Waals surface area contributed by atoms with Gasteiger partial charge in [-0.05, 0) is 24.6 Å². The third kappa shape index (κ3) is 1.14. The fourth-order valence-electron chi connectivity index (χ4n) is 1.80. The molecule has 0 aliphatic carbocycles. The van der Waals surface area contributed by atoms with Gasteiger partial charge in [-0.3, -0.25) is 4.40 Å². The Balaban J connectivity index is 2.49. The lowest BCUT2D eigenvalue weighted by molar-refractivity contribution is 1.14. The summed E-state index contributed by atoms with van der Waals surface area (Å²) in [6.07, 6.45) is 3.52. The second-order valence-corrected chi connectivity index (χ2v) is 3.69. The van der Waals surface area contributed by atoms with Crippen molar-refractivity contribution in [3.05, 3.63) is 30.2 Å². The standard InChI is InChI=1S/C11H11N5/c1-7-3-4-16-8(5-7)15-9-10(12-2)13-6-14-11(9)16/h3-6H,1-2H3,(H,12,13,14). The Hall–Kier alpha value is -2.17. The van der Waals surface area contributed by atoms with Crippen molar-refractivity contribution in [2.45, 2.75) is 6.92 Å². The molecule has 0 aliphatic rings. The molecule has 0 fully saturated rings. The Morgan fingerprint density at radius 3 is 3.00 bits per heavy atom. The van der Waals surface area contributed by atoms with E-state index < -0.39 is 0 Å². The second kappa shape index (κ2) is 3.16. The molecule has 3 heterocycles. The number of aryl methyl sites for hydroxylation is 1. The molecule has 3 aromatic heterocycles. The van der Waals surface area contributed by atoms with Gasteiger partial charge in [0, 0.05) is 13.2 Å². The number of fused-ring (bicyclic) bond motifs is 3. The summed E-state index contributed by atoms with van der Waals surface area (Å²) in [5, 5.41) is 3.02. The van der Waals surface area contributed by atoms with Crippen LogP contribution >= 0.6 is 0 Å². The van der Waals surface area contributed by atoms with Gasteiger partial charge in [0.05, 0.1) is 0 Å². The Kier molecular flexibility index (Phi) is 1.80. The van der Waals surface area contributed by atoms with Crippen LogP contribution in [0.2, 0.25) is 0 Å². The molecule has 5 nitrogen and oxygen atoms in total.